The molecule has 1 N–H and O–H groups in total. The van der Waals surface area contributed by atoms with Crippen LogP contribution in [0.3, 0.4) is 0 Å². The van der Waals surface area contributed by atoms with Gasteiger partial charge in [0.2, 0.25) is 5.89 Å². The highest BCUT2D eigenvalue weighted by Gasteiger charge is 2.15. The quantitative estimate of drug-likeness (QED) is 0.577. The minimum Gasteiger partial charge on any atom is -0.436 e. The molecule has 0 unspecified atom stereocenters. The third-order valence-electron chi connectivity index (χ3n) is 3.96. The molecule has 0 fully saturated rings. The number of anilines is 1. The van der Waals surface area contributed by atoms with Crippen molar-refractivity contribution in [2.45, 2.75) is 4.90 Å². The summed E-state index contributed by atoms with van der Waals surface area (Å²) in [5.74, 6) is 0.470. The average Bonchev–Trinajstić information content (AvgIpc) is 3.12. The molecule has 1 heterocycles. The van der Waals surface area contributed by atoms with Gasteiger partial charge in [0.25, 0.3) is 10.0 Å². The van der Waals surface area contributed by atoms with E-state index in [9.17, 15) is 8.42 Å². The summed E-state index contributed by atoms with van der Waals surface area (Å²) in [6, 6.07) is 22.0. The van der Waals surface area contributed by atoms with E-state index in [1.165, 1.54) is 24.3 Å². The molecule has 0 amide bonds. The van der Waals surface area contributed by atoms with E-state index in [0.29, 0.717) is 28.2 Å². The van der Waals surface area contributed by atoms with Gasteiger partial charge in [0.05, 0.1) is 22.2 Å². The maximum absolute atomic E-state index is 12.5. The summed E-state index contributed by atoms with van der Waals surface area (Å²) >= 11 is 0. The van der Waals surface area contributed by atoms with Crippen LogP contribution in [0.15, 0.2) is 82.1 Å². The van der Waals surface area contributed by atoms with Crippen molar-refractivity contribution in [1.82, 2.24) is 4.98 Å². The van der Waals surface area contributed by atoms with Crippen molar-refractivity contribution in [3.8, 4) is 17.5 Å². The van der Waals surface area contributed by atoms with E-state index in [-0.39, 0.29) is 4.90 Å². The Hall–Kier alpha value is -3.63. The minimum absolute atomic E-state index is 0.0733. The second kappa shape index (κ2) is 6.59. The summed E-state index contributed by atoms with van der Waals surface area (Å²) < 4.78 is 33.3. The van der Waals surface area contributed by atoms with Gasteiger partial charge in [0, 0.05) is 11.6 Å². The molecule has 7 heteroatoms. The van der Waals surface area contributed by atoms with Crippen molar-refractivity contribution in [2.75, 3.05) is 4.72 Å². The lowest BCUT2D eigenvalue weighted by atomic mass is 10.2. The highest BCUT2D eigenvalue weighted by molar-refractivity contribution is 7.92. The zero-order chi connectivity index (χ0) is 18.9. The van der Waals surface area contributed by atoms with Crippen molar-refractivity contribution >= 4 is 26.8 Å². The van der Waals surface area contributed by atoms with E-state index in [4.69, 9.17) is 9.68 Å². The molecule has 27 heavy (non-hydrogen) atoms. The number of aromatic nitrogens is 1. The Morgan fingerprint density at radius 1 is 0.963 bits per heavy atom. The maximum atomic E-state index is 12.5. The first-order valence-electron chi connectivity index (χ1n) is 8.04. The summed E-state index contributed by atoms with van der Waals surface area (Å²) in [5.41, 5.74) is 2.71. The van der Waals surface area contributed by atoms with E-state index >= 15 is 0 Å². The van der Waals surface area contributed by atoms with Gasteiger partial charge in [0.1, 0.15) is 5.52 Å². The molecular formula is C20H13N3O3S. The number of rotatable bonds is 4. The van der Waals surface area contributed by atoms with E-state index < -0.39 is 10.0 Å². The van der Waals surface area contributed by atoms with Gasteiger partial charge in [-0.05, 0) is 48.5 Å². The number of hydrogen-bond acceptors (Lipinski definition) is 5. The summed E-state index contributed by atoms with van der Waals surface area (Å²) in [6.45, 7) is 0. The molecule has 0 atom stereocenters. The monoisotopic (exact) mass is 375 g/mol. The normalized spacial score (nSPS) is 11.2. The van der Waals surface area contributed by atoms with Crippen LogP contribution in [-0.2, 0) is 10.0 Å². The smallest absolute Gasteiger partial charge is 0.261 e. The van der Waals surface area contributed by atoms with Crippen molar-refractivity contribution in [3.63, 3.8) is 0 Å². The second-order valence-corrected chi connectivity index (χ2v) is 7.49. The zero-order valence-electron chi connectivity index (χ0n) is 14.0. The zero-order valence-corrected chi connectivity index (χ0v) is 14.8. The van der Waals surface area contributed by atoms with Crippen molar-refractivity contribution < 1.29 is 12.8 Å². The first-order chi connectivity index (χ1) is 13.0. The van der Waals surface area contributed by atoms with E-state index in [1.54, 1.807) is 18.2 Å². The molecule has 1 aromatic heterocycles. The van der Waals surface area contributed by atoms with Gasteiger partial charge in [-0.3, -0.25) is 4.72 Å². The van der Waals surface area contributed by atoms with Crippen LogP contribution in [0, 0.1) is 11.3 Å². The Kier molecular flexibility index (Phi) is 4.11. The van der Waals surface area contributed by atoms with Crippen LogP contribution >= 0.6 is 0 Å². The first kappa shape index (κ1) is 16.8. The van der Waals surface area contributed by atoms with Crippen molar-refractivity contribution in [1.29, 1.82) is 5.26 Å². The van der Waals surface area contributed by atoms with Crippen LogP contribution < -0.4 is 4.72 Å². The topological polar surface area (TPSA) is 96.0 Å². The number of benzene rings is 3. The molecule has 0 saturated heterocycles. The van der Waals surface area contributed by atoms with Crippen LogP contribution in [0.5, 0.6) is 0 Å². The van der Waals surface area contributed by atoms with Gasteiger partial charge in [-0.25, -0.2) is 13.4 Å². The number of nitrogens with one attached hydrogen (secondary N) is 1. The molecule has 4 rings (SSSR count). The van der Waals surface area contributed by atoms with Crippen LogP contribution in [0.25, 0.3) is 22.6 Å². The number of oxazole rings is 1. The van der Waals surface area contributed by atoms with Crippen LogP contribution in [0.4, 0.5) is 5.69 Å². The van der Waals surface area contributed by atoms with Crippen LogP contribution in [0.1, 0.15) is 5.56 Å². The Morgan fingerprint density at radius 3 is 2.41 bits per heavy atom. The highest BCUT2D eigenvalue weighted by Crippen LogP contribution is 2.27. The van der Waals surface area contributed by atoms with Gasteiger partial charge in [-0.2, -0.15) is 5.26 Å². The predicted octanol–water partition coefficient (Wildman–Crippen LogP) is 4.17. The third kappa shape index (κ3) is 3.38. The van der Waals surface area contributed by atoms with Gasteiger partial charge >= 0.3 is 0 Å². The molecule has 4 aromatic rings. The number of fused-ring (bicyclic) bond motifs is 1. The molecule has 0 spiro atoms. The molecule has 0 aliphatic rings. The molecule has 0 saturated carbocycles. The molecule has 132 valence electrons. The molecule has 0 aliphatic heterocycles. The van der Waals surface area contributed by atoms with E-state index in [1.807, 2.05) is 36.4 Å². The highest BCUT2D eigenvalue weighted by atomic mass is 32.2. The van der Waals surface area contributed by atoms with E-state index in [2.05, 4.69) is 9.71 Å². The van der Waals surface area contributed by atoms with Crippen molar-refractivity contribution in [2.24, 2.45) is 0 Å². The van der Waals surface area contributed by atoms with Gasteiger partial charge in [-0.1, -0.05) is 18.2 Å². The van der Waals surface area contributed by atoms with Crippen LogP contribution in [0.2, 0.25) is 0 Å². The third-order valence-corrected chi connectivity index (χ3v) is 5.35. The standard InChI is InChI=1S/C20H13N3O3S/c21-13-14-6-9-17(10-7-14)27(24,25)23-16-8-11-18-19(12-16)26-20(22-18)15-4-2-1-3-5-15/h1-12,23H. The summed E-state index contributed by atoms with van der Waals surface area (Å²) in [7, 11) is -3.77. The number of sulfonamides is 1. The fraction of sp³-hybridized carbons (Fsp3) is 0. The van der Waals surface area contributed by atoms with Gasteiger partial charge in [-0.15, -0.1) is 0 Å². The number of nitriles is 1. The Balaban J connectivity index is 1.64. The van der Waals surface area contributed by atoms with Gasteiger partial charge < -0.3 is 4.42 Å². The fourth-order valence-electron chi connectivity index (χ4n) is 2.62. The second-order valence-electron chi connectivity index (χ2n) is 5.81. The lowest BCUT2D eigenvalue weighted by Gasteiger charge is -2.07. The van der Waals surface area contributed by atoms with Crippen molar-refractivity contribution in [3.05, 3.63) is 78.4 Å². The molecule has 0 radical (unpaired) electrons. The summed E-state index contributed by atoms with van der Waals surface area (Å²) in [6.07, 6.45) is 0. The molecule has 0 aliphatic carbocycles. The predicted molar refractivity (Wildman–Crippen MR) is 101 cm³/mol. The number of nitrogens with zero attached hydrogens (tertiary/aromatic N) is 2. The first-order valence-corrected chi connectivity index (χ1v) is 9.52. The SMILES string of the molecule is N#Cc1ccc(S(=O)(=O)Nc2ccc3nc(-c4ccccc4)oc3c2)cc1. The van der Waals surface area contributed by atoms with Gasteiger partial charge in [0.15, 0.2) is 5.58 Å². The average molecular weight is 375 g/mol. The summed E-state index contributed by atoms with van der Waals surface area (Å²) in [4.78, 5) is 4.50. The maximum Gasteiger partial charge on any atom is 0.261 e. The Bertz CT molecular complexity index is 1260. The number of hydrogen-bond donors (Lipinski definition) is 1. The lowest BCUT2D eigenvalue weighted by molar-refractivity contribution is 0.601. The minimum atomic E-state index is -3.77. The Morgan fingerprint density at radius 2 is 1.70 bits per heavy atom. The van der Waals surface area contributed by atoms with E-state index in [0.717, 1.165) is 5.56 Å². The van der Waals surface area contributed by atoms with Crippen LogP contribution in [-0.4, -0.2) is 13.4 Å². The molecule has 0 bridgehead atoms. The molecular weight excluding hydrogens is 362 g/mol. The molecule has 3 aromatic carbocycles. The Labute approximate surface area is 155 Å². The summed E-state index contributed by atoms with van der Waals surface area (Å²) in [5, 5.41) is 8.82. The lowest BCUT2D eigenvalue weighted by Crippen LogP contribution is -2.12. The fourth-order valence-corrected chi connectivity index (χ4v) is 3.66. The largest absolute Gasteiger partial charge is 0.436 e. The molecule has 6 nitrogen and oxygen atoms in total.